The van der Waals surface area contributed by atoms with E-state index < -0.39 is 97.0 Å². The normalized spacial score (nSPS) is 13.4. The number of carbonyl (C=O) groups is 8. The number of nitrogens with one attached hydrogen (secondary N) is 5. The Labute approximate surface area is 319 Å². The molecule has 0 aliphatic heterocycles. The first-order chi connectivity index (χ1) is 26.5. The van der Waals surface area contributed by atoms with Crippen LogP contribution in [0.5, 0.6) is 11.5 Å². The fourth-order valence-electron chi connectivity index (χ4n) is 5.34. The topological polar surface area (TPSA) is 330 Å². The number of carboxylic acids is 2. The van der Waals surface area contributed by atoms with Crippen LogP contribution in [0.1, 0.15) is 29.5 Å². The second kappa shape index (κ2) is 21.0. The summed E-state index contributed by atoms with van der Waals surface area (Å²) in [5, 5.41) is 50.4. The molecule has 3 aromatic rings. The lowest BCUT2D eigenvalue weighted by atomic mass is 10.0. The highest BCUT2D eigenvalue weighted by atomic mass is 16.4. The van der Waals surface area contributed by atoms with Crippen molar-refractivity contribution in [1.82, 2.24) is 26.6 Å². The maximum atomic E-state index is 14.0. The molecule has 0 aliphatic carbocycles. The monoisotopic (exact) mass is 777 g/mol. The molecule has 0 spiro atoms. The summed E-state index contributed by atoms with van der Waals surface area (Å²) in [7, 11) is 0. The average molecular weight is 778 g/mol. The minimum absolute atomic E-state index is 0.0802. The first-order valence-electron chi connectivity index (χ1n) is 17.1. The zero-order chi connectivity index (χ0) is 41.4. The molecule has 0 saturated heterocycles. The van der Waals surface area contributed by atoms with Crippen molar-refractivity contribution in [3.63, 3.8) is 0 Å². The summed E-state index contributed by atoms with van der Waals surface area (Å²) in [5.41, 5.74) is 12.0. The van der Waals surface area contributed by atoms with Crippen LogP contribution in [-0.4, -0.2) is 105 Å². The zero-order valence-corrected chi connectivity index (χ0v) is 29.8. The quantitative estimate of drug-likeness (QED) is 0.0555. The number of primary amides is 1. The third-order valence-corrected chi connectivity index (χ3v) is 8.17. The molecular formula is C37H43N7O12. The molecule has 3 rings (SSSR count). The van der Waals surface area contributed by atoms with Gasteiger partial charge in [-0.3, -0.25) is 33.6 Å². The largest absolute Gasteiger partial charge is 0.508 e. The Kier molecular flexibility index (Phi) is 16.3. The van der Waals surface area contributed by atoms with Crippen LogP contribution in [0.15, 0.2) is 78.9 Å². The van der Waals surface area contributed by atoms with Gasteiger partial charge in [0.2, 0.25) is 35.4 Å². The second-order valence-electron chi connectivity index (χ2n) is 12.6. The second-order valence-corrected chi connectivity index (χ2v) is 12.6. The Bertz CT molecular complexity index is 1870. The van der Waals surface area contributed by atoms with Crippen molar-refractivity contribution >= 4 is 47.4 Å². The van der Waals surface area contributed by atoms with Crippen LogP contribution in [0.3, 0.4) is 0 Å². The van der Waals surface area contributed by atoms with Crippen LogP contribution < -0.4 is 38.1 Å². The van der Waals surface area contributed by atoms with E-state index >= 15 is 0 Å². The SMILES string of the molecule is NCC(=O)N[C@@H](CC(N)=O)C(=O)N[C@@H](Cc1ccc(O)cc1)C(=O)N[C@@H](Cc1ccccc1)C(=O)N[C@@H](CC(=O)O)C(=O)N[C@@H](Cc1ccc(O)cc1)C(=O)O. The number of carbonyl (C=O) groups excluding carboxylic acids is 6. The molecule has 0 saturated carbocycles. The standard InChI is InChI=1S/C37H43N7O12/c38-19-31(48)40-27(17-30(39)47)35(53)42-26(15-21-6-10-23(45)11-7-21)33(51)41-25(14-20-4-2-1-3-5-20)34(52)43-28(18-32(49)50)36(54)44-29(37(55)56)16-22-8-12-24(46)13-9-22/h1-13,25-29,45-46H,14-19,38H2,(H2,39,47)(H,40,48)(H,41,51)(H,42,53)(H,43,52)(H,44,54)(H,49,50)(H,55,56)/t25-,26-,27-,28-,29-/m0/s1. The Morgan fingerprint density at radius 1 is 0.500 bits per heavy atom. The molecule has 0 unspecified atom stereocenters. The van der Waals surface area contributed by atoms with E-state index in [1.807, 2.05) is 0 Å². The van der Waals surface area contributed by atoms with Gasteiger partial charge in [-0.2, -0.15) is 0 Å². The predicted octanol–water partition coefficient (Wildman–Crippen LogP) is -2.06. The maximum absolute atomic E-state index is 14.0. The highest BCUT2D eigenvalue weighted by molar-refractivity contribution is 5.98. The molecule has 0 radical (unpaired) electrons. The lowest BCUT2D eigenvalue weighted by Crippen LogP contribution is -2.60. The zero-order valence-electron chi connectivity index (χ0n) is 29.8. The number of aliphatic carboxylic acids is 2. The lowest BCUT2D eigenvalue weighted by molar-refractivity contribution is -0.143. The van der Waals surface area contributed by atoms with Gasteiger partial charge in [-0.05, 0) is 41.0 Å². The summed E-state index contributed by atoms with van der Waals surface area (Å²) in [4.78, 5) is 102. The molecule has 56 heavy (non-hydrogen) atoms. The van der Waals surface area contributed by atoms with Crippen molar-refractivity contribution in [2.45, 2.75) is 62.3 Å². The van der Waals surface area contributed by atoms with Gasteiger partial charge in [0.1, 0.15) is 41.7 Å². The molecular weight excluding hydrogens is 734 g/mol. The third kappa shape index (κ3) is 14.4. The molecule has 19 heteroatoms. The first kappa shape index (κ1) is 43.4. The smallest absolute Gasteiger partial charge is 0.326 e. The molecule has 19 nitrogen and oxygen atoms in total. The highest BCUT2D eigenvalue weighted by Crippen LogP contribution is 2.14. The lowest BCUT2D eigenvalue weighted by Gasteiger charge is -2.27. The summed E-state index contributed by atoms with van der Waals surface area (Å²) in [6, 6.07) is 11.3. The summed E-state index contributed by atoms with van der Waals surface area (Å²) in [6.45, 7) is -0.535. The Hall–Kier alpha value is -7.02. The van der Waals surface area contributed by atoms with Gasteiger partial charge < -0.3 is 58.5 Å². The van der Waals surface area contributed by atoms with E-state index in [-0.39, 0.29) is 30.8 Å². The minimum Gasteiger partial charge on any atom is -0.508 e. The molecule has 0 bridgehead atoms. The van der Waals surface area contributed by atoms with Crippen molar-refractivity contribution in [3.8, 4) is 11.5 Å². The van der Waals surface area contributed by atoms with Crippen molar-refractivity contribution in [1.29, 1.82) is 0 Å². The van der Waals surface area contributed by atoms with Gasteiger partial charge in [0.25, 0.3) is 0 Å². The van der Waals surface area contributed by atoms with E-state index in [1.165, 1.54) is 48.5 Å². The first-order valence-corrected chi connectivity index (χ1v) is 17.1. The number of phenols is 2. The Morgan fingerprint density at radius 3 is 1.29 bits per heavy atom. The van der Waals surface area contributed by atoms with E-state index in [2.05, 4.69) is 26.6 Å². The van der Waals surface area contributed by atoms with E-state index in [9.17, 15) is 58.8 Å². The predicted molar refractivity (Wildman–Crippen MR) is 196 cm³/mol. The summed E-state index contributed by atoms with van der Waals surface area (Å²) < 4.78 is 0. The number of hydrogen-bond acceptors (Lipinski definition) is 11. The van der Waals surface area contributed by atoms with Gasteiger partial charge in [-0.1, -0.05) is 54.6 Å². The van der Waals surface area contributed by atoms with E-state index in [0.29, 0.717) is 16.7 Å². The molecule has 0 aromatic heterocycles. The van der Waals surface area contributed by atoms with Crippen LogP contribution in [0.25, 0.3) is 0 Å². The van der Waals surface area contributed by atoms with Crippen molar-refractivity contribution in [2.75, 3.05) is 6.54 Å². The van der Waals surface area contributed by atoms with E-state index in [1.54, 1.807) is 30.3 Å². The Morgan fingerprint density at radius 2 is 0.875 bits per heavy atom. The van der Waals surface area contributed by atoms with Gasteiger partial charge >= 0.3 is 11.9 Å². The molecule has 6 amide bonds. The molecule has 298 valence electrons. The fraction of sp³-hybridized carbons (Fsp3) is 0.297. The van der Waals surface area contributed by atoms with Crippen LogP contribution in [0.2, 0.25) is 0 Å². The number of carboxylic acid groups (broad SMARTS) is 2. The molecule has 0 aliphatic rings. The van der Waals surface area contributed by atoms with Crippen LogP contribution in [0.4, 0.5) is 0 Å². The number of rotatable bonds is 21. The maximum Gasteiger partial charge on any atom is 0.326 e. The number of aromatic hydroxyl groups is 2. The molecule has 13 N–H and O–H groups in total. The summed E-state index contributed by atoms with van der Waals surface area (Å²) in [6.07, 6.45) is -2.35. The van der Waals surface area contributed by atoms with Gasteiger partial charge in [-0.25, -0.2) is 4.79 Å². The van der Waals surface area contributed by atoms with E-state index in [4.69, 9.17) is 11.5 Å². The van der Waals surface area contributed by atoms with E-state index in [0.717, 1.165) is 0 Å². The number of phenolic OH excluding ortho intramolecular Hbond substituents is 2. The fourth-order valence-corrected chi connectivity index (χ4v) is 5.34. The number of amides is 6. The van der Waals surface area contributed by atoms with Gasteiger partial charge in [0, 0.05) is 19.3 Å². The summed E-state index contributed by atoms with van der Waals surface area (Å²) >= 11 is 0. The molecule has 5 atom stereocenters. The average Bonchev–Trinajstić information content (AvgIpc) is 3.14. The highest BCUT2D eigenvalue weighted by Gasteiger charge is 2.34. The van der Waals surface area contributed by atoms with Crippen LogP contribution >= 0.6 is 0 Å². The van der Waals surface area contributed by atoms with Crippen molar-refractivity contribution < 1.29 is 58.8 Å². The number of nitrogens with two attached hydrogens (primary N) is 2. The van der Waals surface area contributed by atoms with Crippen molar-refractivity contribution in [2.24, 2.45) is 11.5 Å². The Balaban J connectivity index is 1.92. The third-order valence-electron chi connectivity index (χ3n) is 8.17. The minimum atomic E-state index is -1.83. The van der Waals surface area contributed by atoms with Gasteiger partial charge in [0.05, 0.1) is 19.4 Å². The summed E-state index contributed by atoms with van der Waals surface area (Å²) in [5.74, 6) is -9.12. The molecule has 3 aromatic carbocycles. The van der Waals surface area contributed by atoms with Crippen LogP contribution in [-0.2, 0) is 57.6 Å². The number of hydrogen-bond donors (Lipinski definition) is 11. The molecule has 0 heterocycles. The number of benzene rings is 3. The van der Waals surface area contributed by atoms with Gasteiger partial charge in [-0.15, -0.1) is 0 Å². The van der Waals surface area contributed by atoms with Crippen LogP contribution in [0, 0.1) is 0 Å². The molecule has 0 fully saturated rings. The van der Waals surface area contributed by atoms with Crippen molar-refractivity contribution in [3.05, 3.63) is 95.6 Å². The van der Waals surface area contributed by atoms with Gasteiger partial charge in [0.15, 0.2) is 0 Å².